The molecule has 0 aliphatic carbocycles. The van der Waals surface area contributed by atoms with E-state index in [0.29, 0.717) is 26.2 Å². The number of likely N-dealkylation sites (tertiary alicyclic amines) is 2. The molecule has 3 aliphatic rings. The Bertz CT molecular complexity index is 1130. The van der Waals surface area contributed by atoms with Crippen molar-refractivity contribution in [1.82, 2.24) is 29.3 Å². The second-order valence-corrected chi connectivity index (χ2v) is 10.7. The smallest absolute Gasteiger partial charge is 0.406 e. The summed E-state index contributed by atoms with van der Waals surface area (Å²) in [7, 11) is -3.83. The maximum absolute atomic E-state index is 12.8. The summed E-state index contributed by atoms with van der Waals surface area (Å²) in [6.45, 7) is 2.66. The SMILES string of the molecule is O=C(N1CC[C@H](c2ncn[nH]2)C1)N1CC2(C1)CN(S(=O)(=O)c1ccc(OC(F)(F)F)cc1)C2. The minimum Gasteiger partial charge on any atom is -0.406 e. The number of hydrogen-bond donors (Lipinski definition) is 1. The van der Waals surface area contributed by atoms with Crippen LogP contribution in [0.15, 0.2) is 35.5 Å². The summed E-state index contributed by atoms with van der Waals surface area (Å²) >= 11 is 0. The van der Waals surface area contributed by atoms with E-state index in [-0.39, 0.29) is 35.3 Å². The van der Waals surface area contributed by atoms with E-state index < -0.39 is 22.1 Å². The zero-order valence-corrected chi connectivity index (χ0v) is 18.1. The van der Waals surface area contributed by atoms with Gasteiger partial charge in [0.2, 0.25) is 10.0 Å². The van der Waals surface area contributed by atoms with Gasteiger partial charge in [0.05, 0.1) is 4.90 Å². The van der Waals surface area contributed by atoms with Gasteiger partial charge >= 0.3 is 12.4 Å². The lowest BCUT2D eigenvalue weighted by Crippen LogP contribution is -2.74. The first-order valence-corrected chi connectivity index (χ1v) is 11.7. The Morgan fingerprint density at radius 2 is 1.82 bits per heavy atom. The maximum atomic E-state index is 12.8. The summed E-state index contributed by atoms with van der Waals surface area (Å²) < 4.78 is 67.5. The number of nitrogens with one attached hydrogen (secondary N) is 1. The highest BCUT2D eigenvalue weighted by atomic mass is 32.2. The molecule has 3 aliphatic heterocycles. The Labute approximate surface area is 187 Å². The van der Waals surface area contributed by atoms with Crippen molar-refractivity contribution in [2.45, 2.75) is 23.6 Å². The largest absolute Gasteiger partial charge is 0.573 e. The molecule has 4 heterocycles. The highest BCUT2D eigenvalue weighted by Crippen LogP contribution is 2.43. The molecule has 1 aromatic heterocycles. The molecule has 1 spiro atoms. The molecule has 3 saturated heterocycles. The Hall–Kier alpha value is -2.87. The van der Waals surface area contributed by atoms with Crippen LogP contribution in [0.25, 0.3) is 0 Å². The molecule has 0 saturated carbocycles. The highest BCUT2D eigenvalue weighted by Gasteiger charge is 2.57. The molecule has 14 heteroatoms. The molecule has 0 bridgehead atoms. The molecular formula is C19H21F3N6O4S. The Morgan fingerprint density at radius 1 is 1.12 bits per heavy atom. The fourth-order valence-corrected chi connectivity index (χ4v) is 6.37. The van der Waals surface area contributed by atoms with Gasteiger partial charge in [0.1, 0.15) is 17.9 Å². The van der Waals surface area contributed by atoms with Gasteiger partial charge in [-0.15, -0.1) is 13.2 Å². The fourth-order valence-electron chi connectivity index (χ4n) is 4.70. The zero-order chi connectivity index (χ0) is 23.4. The van der Waals surface area contributed by atoms with Gasteiger partial charge in [-0.25, -0.2) is 18.2 Å². The van der Waals surface area contributed by atoms with Crippen molar-refractivity contribution in [2.24, 2.45) is 5.41 Å². The van der Waals surface area contributed by atoms with E-state index in [4.69, 9.17) is 0 Å². The first-order valence-electron chi connectivity index (χ1n) is 10.3. The molecule has 1 N–H and O–H groups in total. The number of alkyl halides is 3. The van der Waals surface area contributed by atoms with Crippen LogP contribution in [0, 0.1) is 5.41 Å². The van der Waals surface area contributed by atoms with E-state index >= 15 is 0 Å². The van der Waals surface area contributed by atoms with E-state index in [1.807, 2.05) is 0 Å². The van der Waals surface area contributed by atoms with E-state index in [1.54, 1.807) is 9.80 Å². The number of aromatic nitrogens is 3. The van der Waals surface area contributed by atoms with Gasteiger partial charge in [-0.1, -0.05) is 0 Å². The summed E-state index contributed by atoms with van der Waals surface area (Å²) in [6.07, 6.45) is -2.59. The lowest BCUT2D eigenvalue weighted by molar-refractivity contribution is -0.274. The minimum absolute atomic E-state index is 0.0656. The lowest BCUT2D eigenvalue weighted by atomic mass is 9.74. The quantitative estimate of drug-likeness (QED) is 0.703. The summed E-state index contributed by atoms with van der Waals surface area (Å²) in [5.41, 5.74) is -0.272. The number of sulfonamides is 1. The zero-order valence-electron chi connectivity index (χ0n) is 17.3. The summed E-state index contributed by atoms with van der Waals surface area (Å²) in [5, 5.41) is 6.69. The molecular weight excluding hydrogens is 465 g/mol. The molecule has 5 rings (SSSR count). The van der Waals surface area contributed by atoms with Crippen LogP contribution < -0.4 is 4.74 Å². The topological polar surface area (TPSA) is 112 Å². The summed E-state index contributed by atoms with van der Waals surface area (Å²) in [6, 6.07) is 4.07. The van der Waals surface area contributed by atoms with Crippen molar-refractivity contribution in [3.8, 4) is 5.75 Å². The number of rotatable bonds is 4. The van der Waals surface area contributed by atoms with E-state index in [1.165, 1.54) is 10.6 Å². The number of halogens is 3. The van der Waals surface area contributed by atoms with Crippen LogP contribution in [0.3, 0.4) is 0 Å². The lowest BCUT2D eigenvalue weighted by Gasteiger charge is -2.59. The normalized spacial score (nSPS) is 22.8. The Morgan fingerprint density at radius 3 is 2.42 bits per heavy atom. The van der Waals surface area contributed by atoms with Crippen LogP contribution >= 0.6 is 0 Å². The van der Waals surface area contributed by atoms with E-state index in [2.05, 4.69) is 19.9 Å². The van der Waals surface area contributed by atoms with Crippen molar-refractivity contribution in [2.75, 3.05) is 39.3 Å². The summed E-state index contributed by atoms with van der Waals surface area (Å²) in [4.78, 5) is 20.3. The average Bonchev–Trinajstić information content (AvgIpc) is 3.36. The van der Waals surface area contributed by atoms with Gasteiger partial charge in [-0.05, 0) is 30.7 Å². The molecule has 2 aromatic rings. The molecule has 0 unspecified atom stereocenters. The molecule has 3 fully saturated rings. The number of amides is 2. The number of hydrogen-bond acceptors (Lipinski definition) is 6. The first-order chi connectivity index (χ1) is 15.5. The van der Waals surface area contributed by atoms with Crippen molar-refractivity contribution >= 4 is 16.1 Å². The van der Waals surface area contributed by atoms with Crippen LogP contribution in [0.1, 0.15) is 18.2 Å². The van der Waals surface area contributed by atoms with Crippen LogP contribution in [-0.4, -0.2) is 89.4 Å². The number of aromatic amines is 1. The Kier molecular flexibility index (Phi) is 5.04. The fraction of sp³-hybridized carbons (Fsp3) is 0.526. The standard InChI is InChI=1S/C19H21F3N6O4S/c20-19(21,22)32-14-1-3-15(4-2-14)33(30,31)28-10-18(11-28)8-27(9-18)17(29)26-6-5-13(7-26)16-23-12-24-25-16/h1-4,12-13H,5-11H2,(H,23,24,25)/t13-/m0/s1. The number of ether oxygens (including phenoxy) is 1. The molecule has 0 radical (unpaired) electrons. The predicted molar refractivity (Wildman–Crippen MR) is 107 cm³/mol. The predicted octanol–water partition coefficient (Wildman–Crippen LogP) is 1.62. The number of benzene rings is 1. The van der Waals surface area contributed by atoms with Gasteiger partial charge in [-0.3, -0.25) is 5.10 Å². The van der Waals surface area contributed by atoms with E-state index in [0.717, 1.165) is 36.5 Å². The van der Waals surface area contributed by atoms with Gasteiger partial charge in [-0.2, -0.15) is 9.40 Å². The monoisotopic (exact) mass is 486 g/mol. The second kappa shape index (κ2) is 7.58. The van der Waals surface area contributed by atoms with Crippen molar-refractivity contribution in [3.63, 3.8) is 0 Å². The Balaban J connectivity index is 1.13. The number of carbonyl (C=O) groups excluding carboxylic acids is 1. The number of carbonyl (C=O) groups is 1. The molecule has 178 valence electrons. The van der Waals surface area contributed by atoms with E-state index in [9.17, 15) is 26.4 Å². The molecule has 1 atom stereocenters. The van der Waals surface area contributed by atoms with Crippen molar-refractivity contribution in [1.29, 1.82) is 0 Å². The third-order valence-corrected chi connectivity index (χ3v) is 8.13. The maximum Gasteiger partial charge on any atom is 0.573 e. The number of nitrogens with zero attached hydrogens (tertiary/aromatic N) is 5. The van der Waals surface area contributed by atoms with Gasteiger partial charge in [0.15, 0.2) is 0 Å². The third kappa shape index (κ3) is 4.12. The van der Waals surface area contributed by atoms with Gasteiger partial charge < -0.3 is 14.5 Å². The average molecular weight is 486 g/mol. The third-order valence-electron chi connectivity index (χ3n) is 6.32. The minimum atomic E-state index is -4.84. The van der Waals surface area contributed by atoms with Crippen molar-refractivity contribution in [3.05, 3.63) is 36.4 Å². The van der Waals surface area contributed by atoms with Crippen LogP contribution in [0.5, 0.6) is 5.75 Å². The number of H-pyrrole nitrogens is 1. The van der Waals surface area contributed by atoms with Gasteiger partial charge in [0.25, 0.3) is 0 Å². The second-order valence-electron chi connectivity index (χ2n) is 8.73. The highest BCUT2D eigenvalue weighted by molar-refractivity contribution is 7.89. The summed E-state index contributed by atoms with van der Waals surface area (Å²) in [5.74, 6) is 0.411. The van der Waals surface area contributed by atoms with Crippen LogP contribution in [0.4, 0.5) is 18.0 Å². The molecule has 2 amide bonds. The molecule has 10 nitrogen and oxygen atoms in total. The van der Waals surface area contributed by atoms with Crippen LogP contribution in [-0.2, 0) is 10.0 Å². The number of urea groups is 1. The first kappa shape index (κ1) is 21.9. The molecule has 1 aromatic carbocycles. The van der Waals surface area contributed by atoms with Crippen molar-refractivity contribution < 1.29 is 31.1 Å². The van der Waals surface area contributed by atoms with Gasteiger partial charge in [0, 0.05) is 50.6 Å². The van der Waals surface area contributed by atoms with Crippen LogP contribution in [0.2, 0.25) is 0 Å². The molecule has 33 heavy (non-hydrogen) atoms.